The predicted molar refractivity (Wildman–Crippen MR) is 97.4 cm³/mol. The van der Waals surface area contributed by atoms with E-state index in [4.69, 9.17) is 5.11 Å². The molecule has 3 heteroatoms. The van der Waals surface area contributed by atoms with E-state index in [1.165, 1.54) is 32.1 Å². The standard InChI is InChI=1S/C14H31NS.C2H6.CH4O/c1-7-10-12(9-3)13(11-8-2)15-16-14(4,5)6;2*1-2/h12-13,15H,7-11H2,1-6H3;1-2H3;2H,1H3. The third-order valence-corrected chi connectivity index (χ3v) is 3.90. The Morgan fingerprint density at radius 3 is 1.70 bits per heavy atom. The average Bonchev–Trinajstić information content (AvgIpc) is 2.44. The Balaban J connectivity index is -0.000000656. The van der Waals surface area contributed by atoms with Crippen LogP contribution in [0.25, 0.3) is 0 Å². The molecule has 20 heavy (non-hydrogen) atoms. The van der Waals surface area contributed by atoms with E-state index in [1.807, 2.05) is 25.8 Å². The molecule has 0 aliphatic carbocycles. The normalized spacial score (nSPS) is 13.5. The van der Waals surface area contributed by atoms with Gasteiger partial charge in [-0.05, 0) is 39.5 Å². The molecule has 0 spiro atoms. The minimum absolute atomic E-state index is 0.316. The van der Waals surface area contributed by atoms with Crippen molar-refractivity contribution in [3.63, 3.8) is 0 Å². The maximum Gasteiger partial charge on any atom is 0.0319 e. The number of rotatable bonds is 8. The third-order valence-electron chi connectivity index (χ3n) is 2.87. The second-order valence-corrected chi connectivity index (χ2v) is 7.35. The smallest absolute Gasteiger partial charge is 0.0319 e. The first kappa shape index (κ1) is 25.2. The minimum Gasteiger partial charge on any atom is -0.400 e. The number of nitrogens with one attached hydrogen (secondary N) is 1. The van der Waals surface area contributed by atoms with Crippen LogP contribution in [0.15, 0.2) is 0 Å². The molecule has 0 amide bonds. The molecule has 0 aromatic heterocycles. The molecule has 0 aliphatic rings. The summed E-state index contributed by atoms with van der Waals surface area (Å²) < 4.78 is 4.03. The molecule has 126 valence electrons. The highest BCUT2D eigenvalue weighted by atomic mass is 32.2. The van der Waals surface area contributed by atoms with Gasteiger partial charge in [0.1, 0.15) is 0 Å². The highest BCUT2D eigenvalue weighted by Crippen LogP contribution is 2.26. The summed E-state index contributed by atoms with van der Waals surface area (Å²) in [6.07, 6.45) is 6.56. The Morgan fingerprint density at radius 1 is 0.950 bits per heavy atom. The van der Waals surface area contributed by atoms with Gasteiger partial charge >= 0.3 is 0 Å². The van der Waals surface area contributed by atoms with Crippen molar-refractivity contribution in [1.29, 1.82) is 0 Å². The van der Waals surface area contributed by atoms with E-state index in [0.717, 1.165) is 13.0 Å². The Morgan fingerprint density at radius 2 is 1.40 bits per heavy atom. The van der Waals surface area contributed by atoms with Gasteiger partial charge in [0.25, 0.3) is 0 Å². The van der Waals surface area contributed by atoms with Crippen LogP contribution in [0.4, 0.5) is 0 Å². The van der Waals surface area contributed by atoms with Crippen molar-refractivity contribution in [2.45, 2.75) is 98.3 Å². The average molecular weight is 308 g/mol. The molecule has 0 aromatic rings. The Hall–Kier alpha value is 0.270. The zero-order valence-electron chi connectivity index (χ0n) is 15.5. The fourth-order valence-corrected chi connectivity index (χ4v) is 2.83. The van der Waals surface area contributed by atoms with Gasteiger partial charge < -0.3 is 5.11 Å². The minimum atomic E-state index is 0.316. The largest absolute Gasteiger partial charge is 0.400 e. The molecule has 0 saturated carbocycles. The predicted octanol–water partition coefficient (Wildman–Crippen LogP) is 5.65. The van der Waals surface area contributed by atoms with Gasteiger partial charge in [-0.25, -0.2) is 0 Å². The first-order valence-corrected chi connectivity index (χ1v) is 9.14. The van der Waals surface area contributed by atoms with E-state index in [2.05, 4.69) is 46.3 Å². The fourth-order valence-electron chi connectivity index (χ4n) is 2.01. The molecule has 0 heterocycles. The molecule has 2 atom stereocenters. The summed E-state index contributed by atoms with van der Waals surface area (Å²) in [4.78, 5) is 0. The van der Waals surface area contributed by atoms with Crippen LogP contribution < -0.4 is 4.72 Å². The van der Waals surface area contributed by atoms with Crippen LogP contribution in [0.5, 0.6) is 0 Å². The van der Waals surface area contributed by atoms with E-state index in [1.54, 1.807) is 0 Å². The summed E-state index contributed by atoms with van der Waals surface area (Å²) >= 11 is 1.90. The summed E-state index contributed by atoms with van der Waals surface area (Å²) in [5, 5.41) is 7.00. The molecule has 0 aliphatic heterocycles. The number of hydrogen-bond acceptors (Lipinski definition) is 3. The first-order valence-electron chi connectivity index (χ1n) is 8.32. The lowest BCUT2D eigenvalue weighted by Gasteiger charge is -2.29. The van der Waals surface area contributed by atoms with Crippen molar-refractivity contribution in [2.24, 2.45) is 5.92 Å². The van der Waals surface area contributed by atoms with Gasteiger partial charge in [-0.2, -0.15) is 0 Å². The zero-order chi connectivity index (χ0) is 16.6. The van der Waals surface area contributed by atoms with Crippen molar-refractivity contribution in [3.8, 4) is 0 Å². The van der Waals surface area contributed by atoms with Crippen molar-refractivity contribution in [1.82, 2.24) is 4.72 Å². The van der Waals surface area contributed by atoms with Crippen molar-refractivity contribution in [2.75, 3.05) is 7.11 Å². The van der Waals surface area contributed by atoms with Crippen LogP contribution in [0.2, 0.25) is 0 Å². The van der Waals surface area contributed by atoms with Crippen LogP contribution in [0.1, 0.15) is 87.5 Å². The Kier molecular flexibility index (Phi) is 21.9. The van der Waals surface area contributed by atoms with Gasteiger partial charge in [0, 0.05) is 17.9 Å². The molecule has 0 bridgehead atoms. The van der Waals surface area contributed by atoms with Crippen molar-refractivity contribution >= 4 is 11.9 Å². The fraction of sp³-hybridized carbons (Fsp3) is 1.00. The summed E-state index contributed by atoms with van der Waals surface area (Å²) in [6, 6.07) is 0.694. The molecule has 0 fully saturated rings. The SMILES string of the molecule is CC.CCCC(CC)C(CCC)NSC(C)(C)C.CO. The van der Waals surface area contributed by atoms with E-state index in [0.29, 0.717) is 10.8 Å². The van der Waals surface area contributed by atoms with Crippen molar-refractivity contribution in [3.05, 3.63) is 0 Å². The highest BCUT2D eigenvalue weighted by molar-refractivity contribution is 7.98. The highest BCUT2D eigenvalue weighted by Gasteiger charge is 2.21. The molecule has 0 aromatic carbocycles. The molecular weight excluding hydrogens is 266 g/mol. The molecule has 2 nitrogen and oxygen atoms in total. The van der Waals surface area contributed by atoms with Crippen LogP contribution in [0.3, 0.4) is 0 Å². The topological polar surface area (TPSA) is 32.3 Å². The van der Waals surface area contributed by atoms with E-state index in [-0.39, 0.29) is 0 Å². The summed E-state index contributed by atoms with van der Waals surface area (Å²) in [7, 11) is 1.00. The van der Waals surface area contributed by atoms with Gasteiger partial charge in [0.2, 0.25) is 0 Å². The lowest BCUT2D eigenvalue weighted by Crippen LogP contribution is -2.34. The maximum atomic E-state index is 7.00. The summed E-state index contributed by atoms with van der Waals surface area (Å²) in [5.41, 5.74) is 0. The maximum absolute atomic E-state index is 7.00. The molecule has 2 unspecified atom stereocenters. The number of aliphatic hydroxyl groups is 1. The van der Waals surface area contributed by atoms with Gasteiger partial charge in [-0.15, -0.1) is 0 Å². The monoisotopic (exact) mass is 307 g/mol. The van der Waals surface area contributed by atoms with Crippen LogP contribution in [-0.2, 0) is 0 Å². The third kappa shape index (κ3) is 16.3. The van der Waals surface area contributed by atoms with Crippen LogP contribution in [-0.4, -0.2) is 23.0 Å². The molecule has 2 N–H and O–H groups in total. The second-order valence-electron chi connectivity index (χ2n) is 5.68. The zero-order valence-corrected chi connectivity index (χ0v) is 16.4. The number of hydrogen-bond donors (Lipinski definition) is 2. The summed E-state index contributed by atoms with van der Waals surface area (Å²) in [6.45, 7) is 17.7. The van der Waals surface area contributed by atoms with Gasteiger partial charge in [0.05, 0.1) is 0 Å². The Bertz CT molecular complexity index is 169. The van der Waals surface area contributed by atoms with Crippen molar-refractivity contribution < 1.29 is 5.11 Å². The molecule has 0 saturated heterocycles. The van der Waals surface area contributed by atoms with Gasteiger partial charge in [-0.3, -0.25) is 4.72 Å². The Labute approximate surface area is 133 Å². The van der Waals surface area contributed by atoms with E-state index in [9.17, 15) is 0 Å². The van der Waals surface area contributed by atoms with Gasteiger partial charge in [-0.1, -0.05) is 65.8 Å². The first-order chi connectivity index (χ1) is 9.44. The number of aliphatic hydroxyl groups excluding tert-OH is 1. The molecule has 0 rings (SSSR count). The van der Waals surface area contributed by atoms with Crippen LogP contribution in [0, 0.1) is 5.92 Å². The molecular formula is C17H41NOS. The van der Waals surface area contributed by atoms with Crippen LogP contribution >= 0.6 is 11.9 Å². The second kappa shape index (κ2) is 17.3. The summed E-state index contributed by atoms with van der Waals surface area (Å²) in [5.74, 6) is 0.847. The molecule has 0 radical (unpaired) electrons. The van der Waals surface area contributed by atoms with E-state index < -0.39 is 0 Å². The quantitative estimate of drug-likeness (QED) is 0.568. The van der Waals surface area contributed by atoms with E-state index >= 15 is 0 Å². The lowest BCUT2D eigenvalue weighted by atomic mass is 9.90. The lowest BCUT2D eigenvalue weighted by molar-refractivity contribution is 0.343. The van der Waals surface area contributed by atoms with Gasteiger partial charge in [0.15, 0.2) is 0 Å².